The first-order valence-corrected chi connectivity index (χ1v) is 5.47. The molecule has 4 heteroatoms. The molecule has 1 heterocycles. The molecule has 0 N–H and O–H groups in total. The zero-order valence-electron chi connectivity index (χ0n) is 6.77. The third-order valence-electron chi connectivity index (χ3n) is 1.91. The Hall–Kier alpha value is 0.170. The van der Waals surface area contributed by atoms with Crippen LogP contribution in [0.25, 0.3) is 0 Å². The molecule has 1 saturated heterocycles. The average Bonchev–Trinajstić information content (AvgIpc) is 2.17. The summed E-state index contributed by atoms with van der Waals surface area (Å²) in [5.41, 5.74) is 0. The number of esters is 1. The largest absolute Gasteiger partial charge is 0.429 e. The summed E-state index contributed by atoms with van der Waals surface area (Å²) in [5.74, 6) is 0.251. The van der Waals surface area contributed by atoms with E-state index in [1.165, 1.54) is 0 Å². The molecular weight excluding hydrogens is 288 g/mol. The topological polar surface area (TPSA) is 26.3 Å². The van der Waals surface area contributed by atoms with E-state index in [1.54, 1.807) is 0 Å². The van der Waals surface area contributed by atoms with Gasteiger partial charge in [0.15, 0.2) is 0 Å². The average molecular weight is 298 g/mol. The molecule has 0 aromatic rings. The van der Waals surface area contributed by atoms with E-state index >= 15 is 0 Å². The number of carbonyl (C=O) groups is 1. The van der Waals surface area contributed by atoms with Crippen LogP contribution in [0.4, 0.5) is 0 Å². The molecule has 2 nitrogen and oxygen atoms in total. The van der Waals surface area contributed by atoms with Gasteiger partial charge < -0.3 is 4.74 Å². The van der Waals surface area contributed by atoms with Gasteiger partial charge in [0.2, 0.25) is 0 Å². The molecule has 1 aliphatic heterocycles. The first-order valence-electron chi connectivity index (χ1n) is 3.76. The van der Waals surface area contributed by atoms with Gasteiger partial charge >= 0.3 is 5.97 Å². The molecule has 0 spiro atoms. The summed E-state index contributed by atoms with van der Waals surface area (Å²) in [6.07, 6.45) is 1.82. The lowest BCUT2D eigenvalue weighted by molar-refractivity contribution is -0.134. The van der Waals surface area contributed by atoms with Crippen LogP contribution < -0.4 is 0 Å². The molecular formula is C8H10Br2O2. The smallest absolute Gasteiger partial charge is 0.326 e. The fourth-order valence-electron chi connectivity index (χ4n) is 1.22. The van der Waals surface area contributed by atoms with Crippen molar-refractivity contribution in [2.24, 2.45) is 0 Å². The Bertz CT molecular complexity index is 227. The Morgan fingerprint density at radius 1 is 1.75 bits per heavy atom. The molecule has 0 radical (unpaired) electrons. The van der Waals surface area contributed by atoms with E-state index in [4.69, 9.17) is 4.74 Å². The molecule has 1 rings (SSSR count). The summed E-state index contributed by atoms with van der Waals surface area (Å²) in [4.78, 5) is 10.8. The number of carbonyl (C=O) groups excluding carboxylic acids is 1. The summed E-state index contributed by atoms with van der Waals surface area (Å²) in [6.45, 7) is 5.76. The van der Waals surface area contributed by atoms with Crippen LogP contribution in [0, 0.1) is 0 Å². The summed E-state index contributed by atoms with van der Waals surface area (Å²) < 4.78 is 4.51. The minimum absolute atomic E-state index is 0.259. The van der Waals surface area contributed by atoms with Gasteiger partial charge in [-0.05, 0) is 6.42 Å². The van der Waals surface area contributed by atoms with Gasteiger partial charge in [0.25, 0.3) is 0 Å². The molecule has 0 aliphatic carbocycles. The summed E-state index contributed by atoms with van der Waals surface area (Å²) in [5, 5.41) is 0. The van der Waals surface area contributed by atoms with E-state index in [9.17, 15) is 4.79 Å². The summed E-state index contributed by atoms with van der Waals surface area (Å²) in [7, 11) is 0. The van der Waals surface area contributed by atoms with Gasteiger partial charge in [-0.3, -0.25) is 4.79 Å². The first kappa shape index (κ1) is 10.3. The number of alkyl halides is 2. The van der Waals surface area contributed by atoms with Gasteiger partial charge in [0.1, 0.15) is 14.9 Å². The van der Waals surface area contributed by atoms with Crippen molar-refractivity contribution in [3.63, 3.8) is 0 Å². The molecule has 1 fully saturated rings. The highest BCUT2D eigenvalue weighted by Crippen LogP contribution is 2.45. The molecule has 0 amide bonds. The van der Waals surface area contributed by atoms with Crippen LogP contribution in [0.2, 0.25) is 0 Å². The van der Waals surface area contributed by atoms with E-state index in [2.05, 4.69) is 45.4 Å². The molecule has 0 aromatic carbocycles. The lowest BCUT2D eigenvalue weighted by Gasteiger charge is -2.21. The fraction of sp³-hybridized carbons (Fsp3) is 0.625. The normalized spacial score (nSPS) is 35.4. The zero-order valence-corrected chi connectivity index (χ0v) is 9.94. The van der Waals surface area contributed by atoms with E-state index < -0.39 is 4.32 Å². The second-order valence-corrected chi connectivity index (χ2v) is 5.15. The number of ether oxygens (including phenoxy) is 1. The van der Waals surface area contributed by atoms with Gasteiger partial charge in [0.05, 0.1) is 0 Å². The van der Waals surface area contributed by atoms with Gasteiger partial charge in [-0.1, -0.05) is 51.8 Å². The van der Waals surface area contributed by atoms with Crippen LogP contribution in [-0.2, 0) is 9.53 Å². The fourth-order valence-corrected chi connectivity index (χ4v) is 2.46. The monoisotopic (exact) mass is 296 g/mol. The number of cyclic esters (lactones) is 1. The number of allylic oxidation sites excluding steroid dienone is 1. The lowest BCUT2D eigenvalue weighted by atomic mass is 10.0. The number of halogens is 2. The quantitative estimate of drug-likeness (QED) is 0.579. The molecule has 2 atom stereocenters. The van der Waals surface area contributed by atoms with Gasteiger partial charge in [-0.25, -0.2) is 0 Å². The van der Waals surface area contributed by atoms with Crippen molar-refractivity contribution in [2.75, 3.05) is 0 Å². The molecule has 1 aliphatic rings. The van der Waals surface area contributed by atoms with Crippen LogP contribution in [0.3, 0.4) is 0 Å². The standard InChI is InChI=1S/C8H10Br2O2/c1-3-4-8(10)5(2)12-7(11)6(8)9/h6H,2-4H2,1H3. The van der Waals surface area contributed by atoms with Crippen LogP contribution in [0.15, 0.2) is 12.3 Å². The van der Waals surface area contributed by atoms with E-state index in [0.29, 0.717) is 5.76 Å². The Morgan fingerprint density at radius 2 is 2.33 bits per heavy atom. The van der Waals surface area contributed by atoms with Gasteiger partial charge in [0, 0.05) is 0 Å². The van der Waals surface area contributed by atoms with Crippen molar-refractivity contribution in [2.45, 2.75) is 28.9 Å². The molecule has 2 unspecified atom stereocenters. The predicted molar refractivity (Wildman–Crippen MR) is 54.5 cm³/mol. The van der Waals surface area contributed by atoms with Gasteiger partial charge in [-0.15, -0.1) is 0 Å². The van der Waals surface area contributed by atoms with Crippen molar-refractivity contribution in [1.82, 2.24) is 0 Å². The first-order chi connectivity index (χ1) is 5.52. The van der Waals surface area contributed by atoms with Crippen LogP contribution in [0.1, 0.15) is 19.8 Å². The van der Waals surface area contributed by atoms with Gasteiger partial charge in [-0.2, -0.15) is 0 Å². The van der Waals surface area contributed by atoms with E-state index in [0.717, 1.165) is 12.8 Å². The second-order valence-electron chi connectivity index (χ2n) is 2.82. The van der Waals surface area contributed by atoms with E-state index in [1.807, 2.05) is 0 Å². The van der Waals surface area contributed by atoms with Crippen LogP contribution >= 0.6 is 31.9 Å². The molecule has 68 valence electrons. The maximum absolute atomic E-state index is 11.1. The molecule has 0 aromatic heterocycles. The Labute approximate surface area is 88.6 Å². The third-order valence-corrected chi connectivity index (χ3v) is 4.98. The van der Waals surface area contributed by atoms with Crippen molar-refractivity contribution < 1.29 is 9.53 Å². The number of hydrogen-bond acceptors (Lipinski definition) is 2. The molecule has 12 heavy (non-hydrogen) atoms. The van der Waals surface area contributed by atoms with E-state index in [-0.39, 0.29) is 10.8 Å². The Morgan fingerprint density at radius 3 is 2.67 bits per heavy atom. The van der Waals surface area contributed by atoms with Crippen LogP contribution in [0.5, 0.6) is 0 Å². The molecule has 0 saturated carbocycles. The van der Waals surface area contributed by atoms with Crippen molar-refractivity contribution in [3.05, 3.63) is 12.3 Å². The number of hydrogen-bond donors (Lipinski definition) is 0. The highest BCUT2D eigenvalue weighted by atomic mass is 79.9. The molecule has 0 bridgehead atoms. The SMILES string of the molecule is C=C1OC(=O)C(Br)C1(Br)CCC. The van der Waals surface area contributed by atoms with Crippen molar-refractivity contribution in [1.29, 1.82) is 0 Å². The van der Waals surface area contributed by atoms with Crippen molar-refractivity contribution >= 4 is 37.8 Å². The highest BCUT2D eigenvalue weighted by Gasteiger charge is 2.50. The lowest BCUT2D eigenvalue weighted by Crippen LogP contribution is -2.30. The predicted octanol–water partition coefficient (Wildman–Crippen LogP) is 2.75. The Balaban J connectivity index is 2.87. The third kappa shape index (κ3) is 1.46. The zero-order chi connectivity index (χ0) is 9.35. The minimum Gasteiger partial charge on any atom is -0.429 e. The van der Waals surface area contributed by atoms with Crippen LogP contribution in [-0.4, -0.2) is 15.1 Å². The number of rotatable bonds is 2. The summed E-state index contributed by atoms with van der Waals surface area (Å²) >= 11 is 6.77. The maximum Gasteiger partial charge on any atom is 0.326 e. The second kappa shape index (κ2) is 3.50. The summed E-state index contributed by atoms with van der Waals surface area (Å²) in [6, 6.07) is 0. The minimum atomic E-state index is -0.404. The maximum atomic E-state index is 11.1. The van der Waals surface area contributed by atoms with Crippen molar-refractivity contribution in [3.8, 4) is 0 Å². The Kier molecular flexibility index (Phi) is 2.99. The highest BCUT2D eigenvalue weighted by molar-refractivity contribution is 9.13.